The number of hydrogen-bond donors (Lipinski definition) is 3. The van der Waals surface area contributed by atoms with Crippen molar-refractivity contribution >= 4 is 28.8 Å². The lowest BCUT2D eigenvalue weighted by Crippen LogP contribution is -2.26. The number of aliphatic imine (C=N–C) groups is 1. The highest BCUT2D eigenvalue weighted by atomic mass is 19.1. The molecule has 4 rings (SSSR count). The molecule has 1 aromatic heterocycles. The van der Waals surface area contributed by atoms with Gasteiger partial charge in [-0.15, -0.1) is 0 Å². The quantitative estimate of drug-likeness (QED) is 0.349. The van der Waals surface area contributed by atoms with Gasteiger partial charge in [0.2, 0.25) is 0 Å². The molecular weight excluding hydrogens is 421 g/mol. The van der Waals surface area contributed by atoms with Crippen LogP contribution in [0.5, 0.6) is 5.75 Å². The second-order valence-corrected chi connectivity index (χ2v) is 7.63. The summed E-state index contributed by atoms with van der Waals surface area (Å²) in [4.78, 5) is 20.4. The number of nitrogens with zero attached hydrogens (tertiary/aromatic N) is 2. The number of hydrogen-bond acceptors (Lipinski definition) is 5. The van der Waals surface area contributed by atoms with Gasteiger partial charge < -0.3 is 15.5 Å². The summed E-state index contributed by atoms with van der Waals surface area (Å²) in [5.41, 5.74) is 4.70. The van der Waals surface area contributed by atoms with Crippen molar-refractivity contribution in [1.29, 1.82) is 0 Å². The van der Waals surface area contributed by atoms with Gasteiger partial charge in [0.05, 0.1) is 16.9 Å². The Morgan fingerprint density at radius 2 is 1.79 bits per heavy atom. The van der Waals surface area contributed by atoms with Crippen LogP contribution in [0.4, 0.5) is 10.1 Å². The number of phenols is 1. The van der Waals surface area contributed by atoms with E-state index in [-0.39, 0.29) is 5.75 Å². The van der Waals surface area contributed by atoms with Gasteiger partial charge in [-0.05, 0) is 48.4 Å². The van der Waals surface area contributed by atoms with Gasteiger partial charge in [0.25, 0.3) is 0 Å². The standard InChI is InChI=1S/C26H22FN3O3/c1-15(26(32)33)29-25-21-13-19(27)10-11-23(21)30-24(22(25)14-28-2)17-8-6-16(7-9-17)18-4-3-5-20(31)12-18/h3-15,31H,1-2H3,(H,29,30)(H,32,33). The second kappa shape index (κ2) is 9.08. The minimum Gasteiger partial charge on any atom is -0.508 e. The Morgan fingerprint density at radius 1 is 1.06 bits per heavy atom. The van der Waals surface area contributed by atoms with Gasteiger partial charge in [0.15, 0.2) is 0 Å². The zero-order valence-corrected chi connectivity index (χ0v) is 18.1. The predicted octanol–water partition coefficient (Wildman–Crippen LogP) is 5.35. The summed E-state index contributed by atoms with van der Waals surface area (Å²) in [5.74, 6) is -1.30. The van der Waals surface area contributed by atoms with Crippen molar-refractivity contribution in [3.8, 4) is 28.1 Å². The fourth-order valence-electron chi connectivity index (χ4n) is 3.66. The molecule has 3 N–H and O–H groups in total. The molecule has 1 atom stereocenters. The molecule has 6 nitrogen and oxygen atoms in total. The number of phenolic OH excluding ortho intramolecular Hbond substituents is 1. The van der Waals surface area contributed by atoms with Crippen LogP contribution in [0.1, 0.15) is 12.5 Å². The number of pyridine rings is 1. The van der Waals surface area contributed by atoms with E-state index in [1.807, 2.05) is 30.3 Å². The van der Waals surface area contributed by atoms with Crippen LogP contribution < -0.4 is 5.32 Å². The third kappa shape index (κ3) is 4.52. The van der Waals surface area contributed by atoms with Crippen LogP contribution in [-0.4, -0.2) is 40.5 Å². The molecule has 4 aromatic rings. The molecule has 0 saturated carbocycles. The van der Waals surface area contributed by atoms with Crippen LogP contribution in [-0.2, 0) is 4.79 Å². The molecule has 33 heavy (non-hydrogen) atoms. The van der Waals surface area contributed by atoms with Crippen molar-refractivity contribution in [3.05, 3.63) is 78.1 Å². The van der Waals surface area contributed by atoms with Crippen LogP contribution >= 0.6 is 0 Å². The molecule has 0 saturated heterocycles. The van der Waals surface area contributed by atoms with Gasteiger partial charge in [0.1, 0.15) is 17.6 Å². The molecule has 0 fully saturated rings. The summed E-state index contributed by atoms with van der Waals surface area (Å²) < 4.78 is 14.1. The average molecular weight is 443 g/mol. The van der Waals surface area contributed by atoms with Crippen LogP contribution in [0, 0.1) is 5.82 Å². The summed E-state index contributed by atoms with van der Waals surface area (Å²) in [6.07, 6.45) is 1.59. The summed E-state index contributed by atoms with van der Waals surface area (Å²) in [5, 5.41) is 22.7. The largest absolute Gasteiger partial charge is 0.508 e. The van der Waals surface area contributed by atoms with E-state index in [9.17, 15) is 19.4 Å². The maximum absolute atomic E-state index is 14.1. The number of aliphatic carboxylic acids is 1. The van der Waals surface area contributed by atoms with E-state index in [4.69, 9.17) is 4.98 Å². The number of carboxylic acid groups (broad SMARTS) is 1. The zero-order chi connectivity index (χ0) is 23.5. The molecule has 0 aliphatic rings. The molecule has 166 valence electrons. The lowest BCUT2D eigenvalue weighted by molar-refractivity contribution is -0.137. The summed E-state index contributed by atoms with van der Waals surface area (Å²) >= 11 is 0. The second-order valence-electron chi connectivity index (χ2n) is 7.63. The molecule has 3 aromatic carbocycles. The first-order chi connectivity index (χ1) is 15.9. The fourth-order valence-corrected chi connectivity index (χ4v) is 3.66. The highest BCUT2D eigenvalue weighted by Gasteiger charge is 2.20. The Balaban J connectivity index is 1.90. The Morgan fingerprint density at radius 3 is 2.45 bits per heavy atom. The predicted molar refractivity (Wildman–Crippen MR) is 128 cm³/mol. The molecular formula is C26H22FN3O3. The number of carboxylic acids is 1. The third-order valence-corrected chi connectivity index (χ3v) is 5.31. The Labute approximate surface area is 190 Å². The first-order valence-corrected chi connectivity index (χ1v) is 10.3. The highest BCUT2D eigenvalue weighted by Crippen LogP contribution is 2.35. The molecule has 0 aliphatic carbocycles. The molecule has 7 heteroatoms. The van der Waals surface area contributed by atoms with E-state index in [2.05, 4.69) is 10.3 Å². The third-order valence-electron chi connectivity index (χ3n) is 5.31. The van der Waals surface area contributed by atoms with E-state index in [1.165, 1.54) is 19.1 Å². The molecule has 0 aliphatic heterocycles. The summed E-state index contributed by atoms with van der Waals surface area (Å²) in [7, 11) is 1.61. The van der Waals surface area contributed by atoms with Crippen LogP contribution in [0.25, 0.3) is 33.3 Å². The molecule has 1 heterocycles. The van der Waals surface area contributed by atoms with Crippen LogP contribution in [0.15, 0.2) is 71.7 Å². The average Bonchev–Trinajstić information content (AvgIpc) is 2.80. The topological polar surface area (TPSA) is 94.8 Å². The van der Waals surface area contributed by atoms with E-state index >= 15 is 0 Å². The van der Waals surface area contributed by atoms with Crippen molar-refractivity contribution in [1.82, 2.24) is 4.98 Å². The highest BCUT2D eigenvalue weighted by molar-refractivity contribution is 6.07. The van der Waals surface area contributed by atoms with Gasteiger partial charge in [-0.2, -0.15) is 0 Å². The molecule has 0 radical (unpaired) electrons. The molecule has 0 spiro atoms. The van der Waals surface area contributed by atoms with Crippen molar-refractivity contribution in [2.45, 2.75) is 13.0 Å². The van der Waals surface area contributed by atoms with Crippen molar-refractivity contribution < 1.29 is 19.4 Å². The monoisotopic (exact) mass is 443 g/mol. The maximum Gasteiger partial charge on any atom is 0.325 e. The lowest BCUT2D eigenvalue weighted by Gasteiger charge is -2.19. The molecule has 0 amide bonds. The van der Waals surface area contributed by atoms with E-state index in [0.29, 0.717) is 27.8 Å². The maximum atomic E-state index is 14.1. The van der Waals surface area contributed by atoms with E-state index in [1.54, 1.807) is 37.5 Å². The van der Waals surface area contributed by atoms with Gasteiger partial charge in [-0.3, -0.25) is 9.79 Å². The Kier molecular flexibility index (Phi) is 6.04. The zero-order valence-electron chi connectivity index (χ0n) is 18.1. The fraction of sp³-hybridized carbons (Fsp3) is 0.115. The number of benzene rings is 3. The van der Waals surface area contributed by atoms with Crippen LogP contribution in [0.3, 0.4) is 0 Å². The van der Waals surface area contributed by atoms with E-state index in [0.717, 1.165) is 16.7 Å². The Bertz CT molecular complexity index is 1370. The SMILES string of the molecule is CN=Cc1c(-c2ccc(-c3cccc(O)c3)cc2)nc2ccc(F)cc2c1NC(C)C(=O)O. The molecule has 1 unspecified atom stereocenters. The van der Waals surface area contributed by atoms with Gasteiger partial charge in [-0.25, -0.2) is 9.37 Å². The minimum atomic E-state index is -1.03. The minimum absolute atomic E-state index is 0.185. The number of aromatic nitrogens is 1. The number of aromatic hydroxyl groups is 1. The van der Waals surface area contributed by atoms with Gasteiger partial charge in [0, 0.05) is 29.8 Å². The number of carbonyl (C=O) groups is 1. The number of fused-ring (bicyclic) bond motifs is 1. The lowest BCUT2D eigenvalue weighted by atomic mass is 9.98. The first kappa shape index (κ1) is 22.0. The van der Waals surface area contributed by atoms with Crippen LogP contribution in [0.2, 0.25) is 0 Å². The van der Waals surface area contributed by atoms with Gasteiger partial charge >= 0.3 is 5.97 Å². The summed E-state index contributed by atoms with van der Waals surface area (Å²) in [6, 6.07) is 17.9. The summed E-state index contributed by atoms with van der Waals surface area (Å²) in [6.45, 7) is 1.52. The van der Waals surface area contributed by atoms with Gasteiger partial charge in [-0.1, -0.05) is 36.4 Å². The number of halogens is 1. The molecule has 0 bridgehead atoms. The van der Waals surface area contributed by atoms with Crippen molar-refractivity contribution in [3.63, 3.8) is 0 Å². The number of anilines is 1. The first-order valence-electron chi connectivity index (χ1n) is 10.3. The van der Waals surface area contributed by atoms with Crippen molar-refractivity contribution in [2.75, 3.05) is 12.4 Å². The van der Waals surface area contributed by atoms with E-state index < -0.39 is 17.8 Å². The number of nitrogens with one attached hydrogen (secondary N) is 1. The normalized spacial score (nSPS) is 12.2. The smallest absolute Gasteiger partial charge is 0.325 e. The Hall–Kier alpha value is -4.26. The number of rotatable bonds is 6. The van der Waals surface area contributed by atoms with Crippen molar-refractivity contribution in [2.24, 2.45) is 4.99 Å².